The van der Waals surface area contributed by atoms with Gasteiger partial charge in [0, 0.05) is 19.2 Å². The maximum atomic E-state index is 12.2. The summed E-state index contributed by atoms with van der Waals surface area (Å²) in [6.45, 7) is 5.46. The standard InChI is InChI=1S/C19H23N3O4/c1-12(2)17(21-13(3)23)19(25)20-11-14-6-8-15(9-7-14)22-18(24)16-5-4-10-26-16/h4-10,12,17H,11H2,1-3H3,(H,20,25)(H,21,23)(H,22,24). The SMILES string of the molecule is CC(=O)NC(C(=O)NCc1ccc(NC(=O)c2ccco2)cc1)C(C)C. The third kappa shape index (κ3) is 5.47. The second kappa shape index (κ2) is 8.84. The van der Waals surface area contributed by atoms with Crippen LogP contribution in [0.1, 0.15) is 36.9 Å². The van der Waals surface area contributed by atoms with Crippen LogP contribution >= 0.6 is 0 Å². The molecule has 2 aromatic rings. The summed E-state index contributed by atoms with van der Waals surface area (Å²) in [5.41, 5.74) is 1.50. The van der Waals surface area contributed by atoms with Crippen LogP contribution in [0.25, 0.3) is 0 Å². The number of furan rings is 1. The molecule has 1 aromatic heterocycles. The molecule has 0 spiro atoms. The molecule has 7 nitrogen and oxygen atoms in total. The third-order valence-corrected chi connectivity index (χ3v) is 3.73. The fourth-order valence-electron chi connectivity index (χ4n) is 2.36. The topological polar surface area (TPSA) is 100 Å². The van der Waals surface area contributed by atoms with Crippen molar-refractivity contribution in [2.24, 2.45) is 5.92 Å². The van der Waals surface area contributed by atoms with Crippen LogP contribution in [0, 0.1) is 5.92 Å². The van der Waals surface area contributed by atoms with E-state index in [1.807, 2.05) is 13.8 Å². The molecular weight excluding hydrogens is 334 g/mol. The smallest absolute Gasteiger partial charge is 0.291 e. The molecule has 0 radical (unpaired) electrons. The maximum Gasteiger partial charge on any atom is 0.291 e. The van der Waals surface area contributed by atoms with Gasteiger partial charge in [0.2, 0.25) is 11.8 Å². The molecule has 0 aliphatic carbocycles. The lowest BCUT2D eigenvalue weighted by molar-refractivity contribution is -0.129. The number of benzene rings is 1. The molecule has 3 N–H and O–H groups in total. The van der Waals surface area contributed by atoms with Gasteiger partial charge >= 0.3 is 0 Å². The average Bonchev–Trinajstić information content (AvgIpc) is 3.13. The minimum Gasteiger partial charge on any atom is -0.459 e. The van der Waals surface area contributed by atoms with Gasteiger partial charge in [-0.2, -0.15) is 0 Å². The number of amides is 3. The number of rotatable bonds is 7. The minimum atomic E-state index is -0.570. The van der Waals surface area contributed by atoms with Crippen molar-refractivity contribution < 1.29 is 18.8 Å². The molecule has 0 aliphatic heterocycles. The first-order valence-electron chi connectivity index (χ1n) is 8.35. The Labute approximate surface area is 152 Å². The highest BCUT2D eigenvalue weighted by Gasteiger charge is 2.22. The van der Waals surface area contributed by atoms with E-state index in [9.17, 15) is 14.4 Å². The Balaban J connectivity index is 1.89. The lowest BCUT2D eigenvalue weighted by Gasteiger charge is -2.21. The van der Waals surface area contributed by atoms with Crippen LogP contribution in [-0.4, -0.2) is 23.8 Å². The second-order valence-corrected chi connectivity index (χ2v) is 6.27. The van der Waals surface area contributed by atoms with E-state index in [1.54, 1.807) is 36.4 Å². The zero-order valence-electron chi connectivity index (χ0n) is 15.0. The quantitative estimate of drug-likeness (QED) is 0.708. The number of hydrogen-bond acceptors (Lipinski definition) is 4. The highest BCUT2D eigenvalue weighted by Crippen LogP contribution is 2.12. The maximum absolute atomic E-state index is 12.2. The van der Waals surface area contributed by atoms with E-state index in [0.717, 1.165) is 5.56 Å². The first-order chi connectivity index (χ1) is 12.4. The van der Waals surface area contributed by atoms with E-state index in [-0.39, 0.29) is 29.4 Å². The summed E-state index contributed by atoms with van der Waals surface area (Å²) in [6, 6.07) is 9.76. The Bertz CT molecular complexity index is 752. The summed E-state index contributed by atoms with van der Waals surface area (Å²) in [5.74, 6) is -0.579. The van der Waals surface area contributed by atoms with Crippen molar-refractivity contribution in [3.8, 4) is 0 Å². The number of hydrogen-bond donors (Lipinski definition) is 3. The second-order valence-electron chi connectivity index (χ2n) is 6.27. The van der Waals surface area contributed by atoms with E-state index in [2.05, 4.69) is 16.0 Å². The van der Waals surface area contributed by atoms with Crippen molar-refractivity contribution in [3.63, 3.8) is 0 Å². The molecule has 1 aromatic carbocycles. The molecule has 1 atom stereocenters. The Morgan fingerprint density at radius 2 is 1.77 bits per heavy atom. The van der Waals surface area contributed by atoms with Gasteiger partial charge in [0.05, 0.1) is 6.26 Å². The van der Waals surface area contributed by atoms with E-state index in [4.69, 9.17) is 4.42 Å². The Kier molecular flexibility index (Phi) is 6.54. The molecule has 0 aliphatic rings. The molecule has 7 heteroatoms. The van der Waals surface area contributed by atoms with Crippen LogP contribution in [0.3, 0.4) is 0 Å². The van der Waals surface area contributed by atoms with Gasteiger partial charge in [-0.15, -0.1) is 0 Å². The molecule has 1 heterocycles. The molecule has 1 unspecified atom stereocenters. The van der Waals surface area contributed by atoms with Gasteiger partial charge in [-0.1, -0.05) is 26.0 Å². The lowest BCUT2D eigenvalue weighted by atomic mass is 10.0. The average molecular weight is 357 g/mol. The van der Waals surface area contributed by atoms with Gasteiger partial charge < -0.3 is 20.4 Å². The normalized spacial score (nSPS) is 11.7. The molecule has 138 valence electrons. The van der Waals surface area contributed by atoms with Gasteiger partial charge in [-0.25, -0.2) is 0 Å². The third-order valence-electron chi connectivity index (χ3n) is 3.73. The number of anilines is 1. The molecule has 0 bridgehead atoms. The van der Waals surface area contributed by atoms with Crippen LogP contribution in [0.15, 0.2) is 47.1 Å². The highest BCUT2D eigenvalue weighted by atomic mass is 16.3. The summed E-state index contributed by atoms with van der Waals surface area (Å²) < 4.78 is 5.04. The summed E-state index contributed by atoms with van der Waals surface area (Å²) in [4.78, 5) is 35.4. The van der Waals surface area contributed by atoms with Crippen molar-refractivity contribution >= 4 is 23.4 Å². The van der Waals surface area contributed by atoms with Gasteiger partial charge in [0.1, 0.15) is 6.04 Å². The Hall–Kier alpha value is -3.09. The number of carbonyl (C=O) groups is 3. The van der Waals surface area contributed by atoms with Crippen molar-refractivity contribution in [1.29, 1.82) is 0 Å². The van der Waals surface area contributed by atoms with Gasteiger partial charge in [-0.3, -0.25) is 14.4 Å². The number of carbonyl (C=O) groups excluding carboxylic acids is 3. The van der Waals surface area contributed by atoms with Crippen molar-refractivity contribution in [2.45, 2.75) is 33.4 Å². The van der Waals surface area contributed by atoms with Gasteiger partial charge in [0.15, 0.2) is 5.76 Å². The van der Waals surface area contributed by atoms with Crippen molar-refractivity contribution in [1.82, 2.24) is 10.6 Å². The molecule has 26 heavy (non-hydrogen) atoms. The van der Waals surface area contributed by atoms with E-state index in [0.29, 0.717) is 12.2 Å². The summed E-state index contributed by atoms with van der Waals surface area (Å²) in [6.07, 6.45) is 1.44. The Morgan fingerprint density at radius 3 is 2.31 bits per heavy atom. The summed E-state index contributed by atoms with van der Waals surface area (Å²) in [5, 5.41) is 8.19. The summed E-state index contributed by atoms with van der Waals surface area (Å²) in [7, 11) is 0. The minimum absolute atomic E-state index is 0.0157. The first kappa shape index (κ1) is 19.2. The summed E-state index contributed by atoms with van der Waals surface area (Å²) >= 11 is 0. The molecule has 0 saturated carbocycles. The van der Waals surface area contributed by atoms with Crippen LogP contribution in [-0.2, 0) is 16.1 Å². The molecule has 2 rings (SSSR count). The fourth-order valence-corrected chi connectivity index (χ4v) is 2.36. The van der Waals surface area contributed by atoms with E-state index in [1.165, 1.54) is 13.2 Å². The predicted octanol–water partition coefficient (Wildman–Crippen LogP) is 2.31. The van der Waals surface area contributed by atoms with Crippen LogP contribution in [0.4, 0.5) is 5.69 Å². The van der Waals surface area contributed by atoms with E-state index < -0.39 is 6.04 Å². The van der Waals surface area contributed by atoms with Gasteiger partial charge in [-0.05, 0) is 35.7 Å². The molecule has 3 amide bonds. The van der Waals surface area contributed by atoms with Crippen molar-refractivity contribution in [2.75, 3.05) is 5.32 Å². The first-order valence-corrected chi connectivity index (χ1v) is 8.35. The van der Waals surface area contributed by atoms with Crippen LogP contribution in [0.5, 0.6) is 0 Å². The highest BCUT2D eigenvalue weighted by molar-refractivity contribution is 6.02. The largest absolute Gasteiger partial charge is 0.459 e. The predicted molar refractivity (Wildman–Crippen MR) is 97.4 cm³/mol. The monoisotopic (exact) mass is 357 g/mol. The van der Waals surface area contributed by atoms with Crippen molar-refractivity contribution in [3.05, 3.63) is 54.0 Å². The zero-order valence-corrected chi connectivity index (χ0v) is 15.0. The molecule has 0 saturated heterocycles. The van der Waals surface area contributed by atoms with Crippen LogP contribution < -0.4 is 16.0 Å². The zero-order chi connectivity index (χ0) is 19.1. The fraction of sp³-hybridized carbons (Fsp3) is 0.316. The Morgan fingerprint density at radius 1 is 1.08 bits per heavy atom. The van der Waals surface area contributed by atoms with Crippen LogP contribution in [0.2, 0.25) is 0 Å². The molecule has 0 fully saturated rings. The lowest BCUT2D eigenvalue weighted by Crippen LogP contribution is -2.48. The number of nitrogens with one attached hydrogen (secondary N) is 3. The molecular formula is C19H23N3O4. The van der Waals surface area contributed by atoms with Gasteiger partial charge in [0.25, 0.3) is 5.91 Å². The van der Waals surface area contributed by atoms with E-state index >= 15 is 0 Å².